The zero-order chi connectivity index (χ0) is 14.3. The molecule has 19 heavy (non-hydrogen) atoms. The number of carbonyl (C=O) groups excluding carboxylic acids is 1. The van der Waals surface area contributed by atoms with E-state index in [0.717, 1.165) is 24.3 Å². The molecule has 0 unspecified atom stereocenters. The van der Waals surface area contributed by atoms with Crippen molar-refractivity contribution < 1.29 is 9.53 Å². The molecule has 1 heterocycles. The number of nitrogens with one attached hydrogen (secondary N) is 1. The predicted octanol–water partition coefficient (Wildman–Crippen LogP) is 1.77. The number of rotatable bonds is 8. The Kier molecular flexibility index (Phi) is 6.80. The maximum absolute atomic E-state index is 11.5. The lowest BCUT2D eigenvalue weighted by molar-refractivity contribution is -0.142. The van der Waals surface area contributed by atoms with Crippen LogP contribution in [-0.4, -0.2) is 36.1 Å². The summed E-state index contributed by atoms with van der Waals surface area (Å²) in [6, 6.07) is 0. The van der Waals surface area contributed by atoms with Gasteiger partial charge in [-0.25, -0.2) is 0 Å². The molecule has 108 valence electrons. The van der Waals surface area contributed by atoms with Crippen LogP contribution in [0.4, 0.5) is 0 Å². The summed E-state index contributed by atoms with van der Waals surface area (Å²) >= 11 is 1.18. The fourth-order valence-electron chi connectivity index (χ4n) is 1.77. The minimum atomic E-state index is -0.297. The maximum atomic E-state index is 11.5. The van der Waals surface area contributed by atoms with Crippen molar-refractivity contribution in [1.82, 2.24) is 9.88 Å². The normalized spacial score (nSPS) is 10.9. The van der Waals surface area contributed by atoms with Crippen LogP contribution in [0.25, 0.3) is 0 Å². The number of nitrogens with zero attached hydrogens (tertiary/aromatic N) is 1. The van der Waals surface area contributed by atoms with Gasteiger partial charge in [-0.05, 0) is 26.9 Å². The van der Waals surface area contributed by atoms with Gasteiger partial charge in [-0.3, -0.25) is 9.59 Å². The van der Waals surface area contributed by atoms with Gasteiger partial charge in [0, 0.05) is 17.1 Å². The highest BCUT2D eigenvalue weighted by molar-refractivity contribution is 7.09. The average Bonchev–Trinajstić information content (AvgIpc) is 2.67. The van der Waals surface area contributed by atoms with E-state index in [1.165, 1.54) is 11.3 Å². The lowest BCUT2D eigenvalue weighted by Gasteiger charge is -2.15. The second kappa shape index (κ2) is 8.12. The first-order valence-electron chi connectivity index (χ1n) is 6.61. The molecule has 1 aromatic rings. The van der Waals surface area contributed by atoms with Crippen LogP contribution < -0.4 is 4.87 Å². The molecule has 0 aliphatic heterocycles. The van der Waals surface area contributed by atoms with E-state index in [1.54, 1.807) is 6.92 Å². The van der Waals surface area contributed by atoms with E-state index in [1.807, 2.05) is 7.05 Å². The van der Waals surface area contributed by atoms with Crippen LogP contribution in [0.2, 0.25) is 0 Å². The fourth-order valence-corrected chi connectivity index (χ4v) is 2.70. The van der Waals surface area contributed by atoms with Crippen LogP contribution in [0.1, 0.15) is 37.3 Å². The number of aromatic amines is 1. The van der Waals surface area contributed by atoms with Gasteiger partial charge in [0.25, 0.3) is 0 Å². The van der Waals surface area contributed by atoms with E-state index < -0.39 is 0 Å². The zero-order valence-electron chi connectivity index (χ0n) is 11.8. The summed E-state index contributed by atoms with van der Waals surface area (Å²) in [7, 11) is 2.02. The summed E-state index contributed by atoms with van der Waals surface area (Å²) in [5, 5.41) is 0. The molecule has 0 aliphatic carbocycles. The van der Waals surface area contributed by atoms with Crippen LogP contribution >= 0.6 is 11.3 Å². The molecule has 5 nitrogen and oxygen atoms in total. The molecule has 0 amide bonds. The SMILES string of the molecule is CCCCN(C)Cc1sc(=O)[nH]c1CC(=O)OCC. The van der Waals surface area contributed by atoms with Gasteiger partial charge in [-0.1, -0.05) is 24.7 Å². The Morgan fingerprint density at radius 1 is 1.42 bits per heavy atom. The smallest absolute Gasteiger partial charge is 0.311 e. The largest absolute Gasteiger partial charge is 0.466 e. The molecule has 0 bridgehead atoms. The van der Waals surface area contributed by atoms with E-state index in [2.05, 4.69) is 16.8 Å². The summed E-state index contributed by atoms with van der Waals surface area (Å²) in [5.74, 6) is -0.297. The number of carbonyl (C=O) groups is 1. The van der Waals surface area contributed by atoms with Crippen molar-refractivity contribution in [1.29, 1.82) is 0 Å². The van der Waals surface area contributed by atoms with E-state index in [-0.39, 0.29) is 17.3 Å². The number of unbranched alkanes of at least 4 members (excludes halogenated alkanes) is 1. The van der Waals surface area contributed by atoms with E-state index in [4.69, 9.17) is 4.74 Å². The molecule has 0 atom stereocenters. The van der Waals surface area contributed by atoms with Gasteiger partial charge in [0.15, 0.2) is 0 Å². The van der Waals surface area contributed by atoms with Gasteiger partial charge in [0.2, 0.25) is 0 Å². The fraction of sp³-hybridized carbons (Fsp3) is 0.692. The van der Waals surface area contributed by atoms with Crippen molar-refractivity contribution in [2.24, 2.45) is 0 Å². The topological polar surface area (TPSA) is 62.4 Å². The first-order valence-corrected chi connectivity index (χ1v) is 7.43. The van der Waals surface area contributed by atoms with Gasteiger partial charge >= 0.3 is 10.8 Å². The Bertz CT molecular complexity index is 453. The Morgan fingerprint density at radius 2 is 2.16 bits per heavy atom. The molecule has 1 N–H and O–H groups in total. The third-order valence-electron chi connectivity index (χ3n) is 2.74. The second-order valence-corrected chi connectivity index (χ2v) is 5.56. The molecule has 0 fully saturated rings. The van der Waals surface area contributed by atoms with Crippen molar-refractivity contribution in [3.8, 4) is 0 Å². The molecule has 0 saturated carbocycles. The first kappa shape index (κ1) is 15.9. The van der Waals surface area contributed by atoms with E-state index >= 15 is 0 Å². The highest BCUT2D eigenvalue weighted by atomic mass is 32.1. The Hall–Kier alpha value is -1.14. The highest BCUT2D eigenvalue weighted by Gasteiger charge is 2.14. The number of ether oxygens (including phenoxy) is 1. The number of aromatic nitrogens is 1. The maximum Gasteiger partial charge on any atom is 0.311 e. The summed E-state index contributed by atoms with van der Waals surface area (Å²) in [4.78, 5) is 28.6. The third-order valence-corrected chi connectivity index (χ3v) is 3.65. The molecular weight excluding hydrogens is 264 g/mol. The Balaban J connectivity index is 2.67. The van der Waals surface area contributed by atoms with E-state index in [0.29, 0.717) is 18.8 Å². The number of hydrogen-bond acceptors (Lipinski definition) is 5. The minimum Gasteiger partial charge on any atom is -0.466 e. The monoisotopic (exact) mass is 286 g/mol. The quantitative estimate of drug-likeness (QED) is 0.740. The summed E-state index contributed by atoms with van der Waals surface area (Å²) in [5.41, 5.74) is 0.691. The van der Waals surface area contributed by atoms with Gasteiger partial charge in [-0.2, -0.15) is 0 Å². The molecule has 1 rings (SSSR count). The van der Waals surface area contributed by atoms with Gasteiger partial charge < -0.3 is 14.6 Å². The molecule has 0 aliphatic rings. The number of esters is 1. The number of H-pyrrole nitrogens is 1. The van der Waals surface area contributed by atoms with Crippen molar-refractivity contribution in [3.63, 3.8) is 0 Å². The number of hydrogen-bond donors (Lipinski definition) is 1. The van der Waals surface area contributed by atoms with Crippen LogP contribution in [-0.2, 0) is 22.5 Å². The molecule has 6 heteroatoms. The van der Waals surface area contributed by atoms with Crippen molar-refractivity contribution in [3.05, 3.63) is 20.2 Å². The standard InChI is InChI=1S/C13H22N2O3S/c1-4-6-7-15(3)9-11-10(14-13(17)19-11)8-12(16)18-5-2/h4-9H2,1-3H3,(H,14,17). The minimum absolute atomic E-state index is 0.113. The van der Waals surface area contributed by atoms with Crippen LogP contribution in [0, 0.1) is 0 Å². The lowest BCUT2D eigenvalue weighted by Crippen LogP contribution is -2.19. The molecular formula is C13H22N2O3S. The summed E-state index contributed by atoms with van der Waals surface area (Å²) in [6.07, 6.45) is 2.41. The molecule has 0 spiro atoms. The average molecular weight is 286 g/mol. The Morgan fingerprint density at radius 3 is 2.79 bits per heavy atom. The lowest BCUT2D eigenvalue weighted by atomic mass is 10.2. The second-order valence-electron chi connectivity index (χ2n) is 4.49. The zero-order valence-corrected chi connectivity index (χ0v) is 12.6. The van der Waals surface area contributed by atoms with Crippen LogP contribution in [0.5, 0.6) is 0 Å². The molecule has 0 saturated heterocycles. The highest BCUT2D eigenvalue weighted by Crippen LogP contribution is 2.13. The van der Waals surface area contributed by atoms with E-state index in [9.17, 15) is 9.59 Å². The van der Waals surface area contributed by atoms with Crippen molar-refractivity contribution in [2.45, 2.75) is 39.7 Å². The first-order chi connectivity index (χ1) is 9.06. The summed E-state index contributed by atoms with van der Waals surface area (Å²) < 4.78 is 4.91. The van der Waals surface area contributed by atoms with Crippen molar-refractivity contribution >= 4 is 17.3 Å². The van der Waals surface area contributed by atoms with Gasteiger partial charge in [0.1, 0.15) is 0 Å². The van der Waals surface area contributed by atoms with Gasteiger partial charge in [0.05, 0.1) is 13.0 Å². The van der Waals surface area contributed by atoms with Crippen molar-refractivity contribution in [2.75, 3.05) is 20.2 Å². The van der Waals surface area contributed by atoms with Gasteiger partial charge in [-0.15, -0.1) is 0 Å². The molecule has 0 aromatic carbocycles. The Labute approximate surface area is 117 Å². The molecule has 1 aromatic heterocycles. The van der Waals surface area contributed by atoms with Crippen LogP contribution in [0.15, 0.2) is 4.79 Å². The van der Waals surface area contributed by atoms with Crippen LogP contribution in [0.3, 0.4) is 0 Å². The predicted molar refractivity (Wildman–Crippen MR) is 76.5 cm³/mol. The molecule has 0 radical (unpaired) electrons. The summed E-state index contributed by atoms with van der Waals surface area (Å²) in [6.45, 7) is 5.96. The third kappa shape index (κ3) is 5.57. The number of thiazole rings is 1.